The molecule has 2 aromatic carbocycles. The summed E-state index contributed by atoms with van der Waals surface area (Å²) in [6.45, 7) is 0. The Labute approximate surface area is 189 Å². The van der Waals surface area contributed by atoms with E-state index in [2.05, 4.69) is 20.5 Å². The minimum absolute atomic E-state index is 0.0350. The van der Waals surface area contributed by atoms with Crippen molar-refractivity contribution in [3.05, 3.63) is 89.0 Å². The molecule has 0 saturated carbocycles. The van der Waals surface area contributed by atoms with Gasteiger partial charge in [-0.2, -0.15) is 9.90 Å². The Morgan fingerprint density at radius 3 is 2.09 bits per heavy atom. The van der Waals surface area contributed by atoms with Crippen LogP contribution in [0.1, 0.15) is 37.9 Å². The molecule has 2 aromatic heterocycles. The Balaban J connectivity index is 2.07. The number of rotatable bonds is 6. The van der Waals surface area contributed by atoms with Gasteiger partial charge in [-0.15, -0.1) is 10.2 Å². The highest BCUT2D eigenvalue weighted by atomic mass is 16.5. The topological polar surface area (TPSA) is 114 Å². The normalized spacial score (nSPS) is 11.3. The second-order valence-corrected chi connectivity index (χ2v) is 6.86. The summed E-state index contributed by atoms with van der Waals surface area (Å²) in [5.74, 6) is -1.16. The van der Waals surface area contributed by atoms with Gasteiger partial charge >= 0.3 is 11.9 Å². The highest BCUT2D eigenvalue weighted by molar-refractivity contribution is 6.08. The molecule has 0 bridgehead atoms. The van der Waals surface area contributed by atoms with Gasteiger partial charge in [0.25, 0.3) is 0 Å². The molecular formula is C23H20N6O4. The Kier molecular flexibility index (Phi) is 6.07. The number of tetrazole rings is 1. The van der Waals surface area contributed by atoms with Crippen molar-refractivity contribution in [1.29, 1.82) is 0 Å². The highest BCUT2D eigenvalue weighted by Gasteiger charge is 2.32. The second-order valence-electron chi connectivity index (χ2n) is 6.86. The van der Waals surface area contributed by atoms with Crippen molar-refractivity contribution in [3.63, 3.8) is 0 Å². The lowest BCUT2D eigenvalue weighted by atomic mass is 9.98. The number of ether oxygens (including phenoxy) is 2. The number of benzene rings is 2. The SMILES string of the molecule is COC(=O)c1c(/C(=C/c2nnn(C)n2)c2ccccc2)nn(-c2ccccc2)c1C(=O)OC. The number of methoxy groups -OCH3 is 2. The highest BCUT2D eigenvalue weighted by Crippen LogP contribution is 2.31. The second kappa shape index (κ2) is 9.27. The van der Waals surface area contributed by atoms with Gasteiger partial charge < -0.3 is 9.47 Å². The van der Waals surface area contributed by atoms with E-state index in [-0.39, 0.29) is 17.0 Å². The molecule has 0 aliphatic heterocycles. The smallest absolute Gasteiger partial charge is 0.357 e. The van der Waals surface area contributed by atoms with Crippen molar-refractivity contribution in [3.8, 4) is 5.69 Å². The van der Waals surface area contributed by atoms with Gasteiger partial charge in [-0.3, -0.25) is 0 Å². The van der Waals surface area contributed by atoms with Crippen molar-refractivity contribution in [2.24, 2.45) is 7.05 Å². The summed E-state index contributed by atoms with van der Waals surface area (Å²) in [5.41, 5.74) is 1.92. The molecule has 0 saturated heterocycles. The third-order valence-electron chi connectivity index (χ3n) is 4.79. The van der Waals surface area contributed by atoms with Gasteiger partial charge in [0, 0.05) is 5.57 Å². The van der Waals surface area contributed by atoms with E-state index in [0.29, 0.717) is 17.1 Å². The Hall–Kier alpha value is -4.60. The molecule has 0 amide bonds. The predicted octanol–water partition coefficient (Wildman–Crippen LogP) is 2.56. The molecule has 0 aliphatic carbocycles. The van der Waals surface area contributed by atoms with Crippen LogP contribution in [0.2, 0.25) is 0 Å². The molecule has 4 rings (SSSR count). The van der Waals surface area contributed by atoms with Gasteiger partial charge in [-0.1, -0.05) is 48.5 Å². The molecule has 0 fully saturated rings. The van der Waals surface area contributed by atoms with Crippen LogP contribution in [-0.4, -0.2) is 56.1 Å². The van der Waals surface area contributed by atoms with Crippen LogP contribution in [0.25, 0.3) is 17.3 Å². The first-order valence-corrected chi connectivity index (χ1v) is 9.90. The fraction of sp³-hybridized carbons (Fsp3) is 0.130. The van der Waals surface area contributed by atoms with Crippen LogP contribution in [0.3, 0.4) is 0 Å². The summed E-state index contributed by atoms with van der Waals surface area (Å²) in [6.07, 6.45) is 1.65. The first kappa shape index (κ1) is 21.6. The number of para-hydroxylation sites is 1. The summed E-state index contributed by atoms with van der Waals surface area (Å²) in [6, 6.07) is 18.2. The number of nitrogens with zero attached hydrogens (tertiary/aromatic N) is 6. The van der Waals surface area contributed by atoms with Gasteiger partial charge in [-0.05, 0) is 29.0 Å². The van der Waals surface area contributed by atoms with Gasteiger partial charge in [0.15, 0.2) is 11.5 Å². The van der Waals surface area contributed by atoms with Crippen LogP contribution in [0.5, 0.6) is 0 Å². The zero-order valence-corrected chi connectivity index (χ0v) is 18.2. The first-order chi connectivity index (χ1) is 16.0. The van der Waals surface area contributed by atoms with Gasteiger partial charge in [-0.25, -0.2) is 14.3 Å². The summed E-state index contributed by atoms with van der Waals surface area (Å²) >= 11 is 0. The van der Waals surface area contributed by atoms with Gasteiger partial charge in [0.05, 0.1) is 27.0 Å². The number of aromatic nitrogens is 6. The molecule has 4 aromatic rings. The van der Waals surface area contributed by atoms with Gasteiger partial charge in [0.2, 0.25) is 0 Å². The lowest BCUT2D eigenvalue weighted by Crippen LogP contribution is -2.15. The summed E-state index contributed by atoms with van der Waals surface area (Å²) < 4.78 is 11.4. The third-order valence-corrected chi connectivity index (χ3v) is 4.79. The van der Waals surface area contributed by atoms with E-state index >= 15 is 0 Å². The van der Waals surface area contributed by atoms with Crippen molar-refractivity contribution >= 4 is 23.6 Å². The maximum atomic E-state index is 13.0. The van der Waals surface area contributed by atoms with E-state index in [1.807, 2.05) is 36.4 Å². The molecule has 0 N–H and O–H groups in total. The van der Waals surface area contributed by atoms with E-state index in [0.717, 1.165) is 5.56 Å². The fourth-order valence-electron chi connectivity index (χ4n) is 3.34. The van der Waals surface area contributed by atoms with Crippen molar-refractivity contribution < 1.29 is 19.1 Å². The predicted molar refractivity (Wildman–Crippen MR) is 118 cm³/mol. The molecule has 0 unspecified atom stereocenters. The maximum Gasteiger partial charge on any atom is 0.357 e. The number of aryl methyl sites for hydroxylation is 1. The van der Waals surface area contributed by atoms with Crippen molar-refractivity contribution in [2.45, 2.75) is 0 Å². The molecule has 0 spiro atoms. The maximum absolute atomic E-state index is 13.0. The summed E-state index contributed by atoms with van der Waals surface area (Å²) in [4.78, 5) is 27.1. The third kappa shape index (κ3) is 4.26. The number of carbonyl (C=O) groups is 2. The molecule has 0 radical (unpaired) electrons. The number of hydrogen-bond acceptors (Lipinski definition) is 8. The Morgan fingerprint density at radius 2 is 1.52 bits per heavy atom. The average Bonchev–Trinajstić information content (AvgIpc) is 3.46. The standard InChI is InChI=1S/C23H20N6O4/c1-28-25-18(24-27-28)14-17(15-10-6-4-7-11-15)20-19(22(30)32-2)21(23(31)33-3)29(26-20)16-12-8-5-9-13-16/h4-14H,1-3H3/b17-14+. The van der Waals surface area contributed by atoms with Gasteiger partial charge in [0.1, 0.15) is 11.3 Å². The molecule has 166 valence electrons. The van der Waals surface area contributed by atoms with E-state index in [9.17, 15) is 9.59 Å². The van der Waals surface area contributed by atoms with E-state index < -0.39 is 11.9 Å². The summed E-state index contributed by atoms with van der Waals surface area (Å²) in [5, 5.41) is 16.8. The first-order valence-electron chi connectivity index (χ1n) is 9.90. The van der Waals surface area contributed by atoms with Crippen LogP contribution in [0.15, 0.2) is 60.7 Å². The fourth-order valence-corrected chi connectivity index (χ4v) is 3.34. The molecule has 33 heavy (non-hydrogen) atoms. The Bertz CT molecular complexity index is 1330. The minimum Gasteiger partial charge on any atom is -0.465 e. The number of hydrogen-bond donors (Lipinski definition) is 0. The van der Waals surface area contributed by atoms with Crippen LogP contribution in [0.4, 0.5) is 0 Å². The van der Waals surface area contributed by atoms with Crippen molar-refractivity contribution in [2.75, 3.05) is 14.2 Å². The molecule has 10 heteroatoms. The monoisotopic (exact) mass is 444 g/mol. The van der Waals surface area contributed by atoms with Crippen LogP contribution < -0.4 is 0 Å². The van der Waals surface area contributed by atoms with Crippen LogP contribution in [-0.2, 0) is 16.5 Å². The molecule has 2 heterocycles. The zero-order valence-electron chi connectivity index (χ0n) is 18.2. The minimum atomic E-state index is -0.735. The lowest BCUT2D eigenvalue weighted by Gasteiger charge is -2.08. The molecule has 0 aliphatic rings. The molecule has 10 nitrogen and oxygen atoms in total. The van der Waals surface area contributed by atoms with E-state index in [1.54, 1.807) is 37.4 Å². The van der Waals surface area contributed by atoms with E-state index in [1.165, 1.54) is 23.7 Å². The van der Waals surface area contributed by atoms with Crippen LogP contribution >= 0.6 is 0 Å². The molecular weight excluding hydrogens is 424 g/mol. The zero-order chi connectivity index (χ0) is 23.4. The largest absolute Gasteiger partial charge is 0.465 e. The van der Waals surface area contributed by atoms with Crippen LogP contribution in [0, 0.1) is 0 Å². The molecule has 0 atom stereocenters. The number of esters is 2. The number of carbonyl (C=O) groups excluding carboxylic acids is 2. The quantitative estimate of drug-likeness (QED) is 0.417. The average molecular weight is 444 g/mol. The van der Waals surface area contributed by atoms with E-state index in [4.69, 9.17) is 9.47 Å². The lowest BCUT2D eigenvalue weighted by molar-refractivity contribution is 0.0549. The van der Waals surface area contributed by atoms with Crippen molar-refractivity contribution in [1.82, 2.24) is 30.0 Å². The Morgan fingerprint density at radius 1 is 0.879 bits per heavy atom. The summed E-state index contributed by atoms with van der Waals surface area (Å²) in [7, 11) is 4.12.